The molecular weight excluding hydrogens is 278 g/mol. The van der Waals surface area contributed by atoms with Crippen LogP contribution in [0.25, 0.3) is 11.3 Å². The first kappa shape index (κ1) is 14.5. The maximum atomic E-state index is 11.4. The van der Waals surface area contributed by atoms with E-state index in [2.05, 4.69) is 29.9 Å². The second-order valence-corrected chi connectivity index (χ2v) is 5.82. The number of carbonyl (C=O) groups is 1. The van der Waals surface area contributed by atoms with E-state index in [4.69, 9.17) is 0 Å². The Kier molecular flexibility index (Phi) is 3.79. The Morgan fingerprint density at radius 3 is 2.59 bits per heavy atom. The van der Waals surface area contributed by atoms with Crippen LogP contribution in [0.15, 0.2) is 30.5 Å². The van der Waals surface area contributed by atoms with Crippen molar-refractivity contribution in [2.75, 3.05) is 18.0 Å². The van der Waals surface area contributed by atoms with E-state index < -0.39 is 5.97 Å². The normalized spacial score (nSPS) is 14.0. The average molecular weight is 297 g/mol. The molecule has 0 radical (unpaired) electrons. The van der Waals surface area contributed by atoms with Crippen molar-refractivity contribution in [2.45, 2.75) is 26.2 Å². The van der Waals surface area contributed by atoms with Crippen LogP contribution >= 0.6 is 0 Å². The molecule has 2 heterocycles. The lowest BCUT2D eigenvalue weighted by molar-refractivity contribution is 0.0690. The zero-order valence-corrected chi connectivity index (χ0v) is 12.8. The van der Waals surface area contributed by atoms with E-state index in [0.29, 0.717) is 11.7 Å². The fourth-order valence-electron chi connectivity index (χ4n) is 2.64. The summed E-state index contributed by atoms with van der Waals surface area (Å²) in [6.45, 7) is 5.94. The van der Waals surface area contributed by atoms with Crippen molar-refractivity contribution in [3.05, 3.63) is 41.7 Å². The van der Waals surface area contributed by atoms with E-state index in [0.717, 1.165) is 30.8 Å². The number of hydrogen-bond acceptors (Lipinski definition) is 4. The highest BCUT2D eigenvalue weighted by Gasteiger charge is 2.24. The quantitative estimate of drug-likeness (QED) is 0.939. The van der Waals surface area contributed by atoms with Gasteiger partial charge in [-0.3, -0.25) is 0 Å². The highest BCUT2D eigenvalue weighted by Crippen LogP contribution is 2.30. The largest absolute Gasteiger partial charge is 0.476 e. The Labute approximate surface area is 129 Å². The molecule has 22 heavy (non-hydrogen) atoms. The van der Waals surface area contributed by atoms with E-state index >= 15 is 0 Å². The summed E-state index contributed by atoms with van der Waals surface area (Å²) in [7, 11) is 0. The third-order valence-corrected chi connectivity index (χ3v) is 3.97. The SMILES string of the molecule is CC(C)c1ccccc1-c1cnc(C(=O)O)c(N2CCC2)n1. The van der Waals surface area contributed by atoms with Crippen LogP contribution in [0.4, 0.5) is 5.82 Å². The van der Waals surface area contributed by atoms with Crippen molar-refractivity contribution < 1.29 is 9.90 Å². The minimum atomic E-state index is -1.03. The lowest BCUT2D eigenvalue weighted by atomic mass is 9.95. The lowest BCUT2D eigenvalue weighted by Crippen LogP contribution is -2.39. The van der Waals surface area contributed by atoms with Crippen LogP contribution in [0, 0.1) is 0 Å². The smallest absolute Gasteiger partial charge is 0.358 e. The Hall–Kier alpha value is -2.43. The van der Waals surface area contributed by atoms with Gasteiger partial charge in [-0.1, -0.05) is 38.1 Å². The summed E-state index contributed by atoms with van der Waals surface area (Å²) in [5.41, 5.74) is 2.97. The summed E-state index contributed by atoms with van der Waals surface area (Å²) in [6.07, 6.45) is 2.63. The summed E-state index contributed by atoms with van der Waals surface area (Å²) in [5.74, 6) is -0.183. The fraction of sp³-hybridized carbons (Fsp3) is 0.353. The van der Waals surface area contributed by atoms with Crippen molar-refractivity contribution in [1.82, 2.24) is 9.97 Å². The molecule has 0 saturated carbocycles. The van der Waals surface area contributed by atoms with Crippen LogP contribution in [0.1, 0.15) is 42.2 Å². The van der Waals surface area contributed by atoms with Crippen LogP contribution < -0.4 is 4.90 Å². The topological polar surface area (TPSA) is 66.3 Å². The van der Waals surface area contributed by atoms with Gasteiger partial charge < -0.3 is 10.0 Å². The first-order valence-corrected chi connectivity index (χ1v) is 7.52. The summed E-state index contributed by atoms with van der Waals surface area (Å²) in [4.78, 5) is 22.1. The molecule has 0 unspecified atom stereocenters. The Morgan fingerprint density at radius 1 is 1.27 bits per heavy atom. The van der Waals surface area contributed by atoms with E-state index in [-0.39, 0.29) is 5.69 Å². The Bertz CT molecular complexity index is 709. The molecule has 0 amide bonds. The molecule has 5 heteroatoms. The molecule has 1 aromatic heterocycles. The Balaban J connectivity index is 2.11. The van der Waals surface area contributed by atoms with Crippen molar-refractivity contribution in [3.63, 3.8) is 0 Å². The van der Waals surface area contributed by atoms with Gasteiger partial charge in [-0.05, 0) is 17.9 Å². The van der Waals surface area contributed by atoms with Crippen molar-refractivity contribution in [3.8, 4) is 11.3 Å². The standard InChI is InChI=1S/C17H19N3O2/c1-11(2)12-6-3-4-7-13(12)14-10-18-15(17(21)22)16(19-14)20-8-5-9-20/h3-4,6-7,10-11H,5,8-9H2,1-2H3,(H,21,22). The number of carboxylic acid groups (broad SMARTS) is 1. The molecule has 1 N–H and O–H groups in total. The van der Waals surface area contributed by atoms with Crippen molar-refractivity contribution in [2.24, 2.45) is 0 Å². The van der Waals surface area contributed by atoms with Gasteiger partial charge in [0.2, 0.25) is 0 Å². The molecule has 5 nitrogen and oxygen atoms in total. The van der Waals surface area contributed by atoms with Gasteiger partial charge in [-0.2, -0.15) is 0 Å². The lowest BCUT2D eigenvalue weighted by Gasteiger charge is -2.32. The van der Waals surface area contributed by atoms with E-state index in [1.54, 1.807) is 6.20 Å². The molecule has 0 bridgehead atoms. The highest BCUT2D eigenvalue weighted by molar-refractivity contribution is 5.91. The Morgan fingerprint density at radius 2 is 2.00 bits per heavy atom. The number of anilines is 1. The second kappa shape index (κ2) is 5.75. The van der Waals surface area contributed by atoms with Crippen LogP contribution in [-0.4, -0.2) is 34.1 Å². The molecule has 1 aromatic carbocycles. The minimum Gasteiger partial charge on any atom is -0.476 e. The number of aromatic nitrogens is 2. The molecule has 1 aliphatic heterocycles. The van der Waals surface area contributed by atoms with Crippen LogP contribution in [0.5, 0.6) is 0 Å². The van der Waals surface area contributed by atoms with Gasteiger partial charge in [0.15, 0.2) is 11.5 Å². The van der Waals surface area contributed by atoms with Crippen LogP contribution in [0.3, 0.4) is 0 Å². The number of rotatable bonds is 4. The van der Waals surface area contributed by atoms with Gasteiger partial charge in [-0.15, -0.1) is 0 Å². The van der Waals surface area contributed by atoms with Gasteiger partial charge in [0.1, 0.15) is 0 Å². The average Bonchev–Trinajstić information content (AvgIpc) is 2.45. The van der Waals surface area contributed by atoms with E-state index in [9.17, 15) is 9.90 Å². The number of benzene rings is 1. The van der Waals surface area contributed by atoms with E-state index in [1.807, 2.05) is 23.1 Å². The van der Waals surface area contributed by atoms with Gasteiger partial charge in [-0.25, -0.2) is 14.8 Å². The minimum absolute atomic E-state index is 0.0329. The molecule has 0 spiro atoms. The zero-order valence-electron chi connectivity index (χ0n) is 12.8. The summed E-state index contributed by atoms with van der Waals surface area (Å²) in [6, 6.07) is 8.07. The molecule has 1 aliphatic rings. The molecule has 0 atom stereocenters. The number of aromatic carboxylic acids is 1. The molecule has 1 saturated heterocycles. The van der Waals surface area contributed by atoms with Crippen molar-refractivity contribution >= 4 is 11.8 Å². The first-order valence-electron chi connectivity index (χ1n) is 7.52. The predicted octanol–water partition coefficient (Wildman–Crippen LogP) is 3.18. The monoisotopic (exact) mass is 297 g/mol. The van der Waals surface area contributed by atoms with Gasteiger partial charge in [0.25, 0.3) is 0 Å². The van der Waals surface area contributed by atoms with Gasteiger partial charge >= 0.3 is 5.97 Å². The van der Waals surface area contributed by atoms with Crippen LogP contribution in [0.2, 0.25) is 0 Å². The molecule has 2 aromatic rings. The van der Waals surface area contributed by atoms with Crippen molar-refractivity contribution in [1.29, 1.82) is 0 Å². The highest BCUT2D eigenvalue weighted by atomic mass is 16.4. The summed E-state index contributed by atoms with van der Waals surface area (Å²) >= 11 is 0. The third-order valence-electron chi connectivity index (χ3n) is 3.97. The first-order chi connectivity index (χ1) is 10.6. The fourth-order valence-corrected chi connectivity index (χ4v) is 2.64. The number of carboxylic acids is 1. The molecule has 1 fully saturated rings. The maximum Gasteiger partial charge on any atom is 0.358 e. The molecule has 114 valence electrons. The summed E-state index contributed by atoms with van der Waals surface area (Å²) < 4.78 is 0. The van der Waals surface area contributed by atoms with Gasteiger partial charge in [0, 0.05) is 18.7 Å². The summed E-state index contributed by atoms with van der Waals surface area (Å²) in [5, 5.41) is 9.31. The number of hydrogen-bond donors (Lipinski definition) is 1. The van der Waals surface area contributed by atoms with E-state index in [1.165, 1.54) is 5.56 Å². The second-order valence-electron chi connectivity index (χ2n) is 5.82. The van der Waals surface area contributed by atoms with Crippen LogP contribution in [-0.2, 0) is 0 Å². The maximum absolute atomic E-state index is 11.4. The molecule has 3 rings (SSSR count). The molecule has 0 aliphatic carbocycles. The number of nitrogens with zero attached hydrogens (tertiary/aromatic N) is 3. The van der Waals surface area contributed by atoms with Gasteiger partial charge in [0.05, 0.1) is 11.9 Å². The third kappa shape index (κ3) is 2.54. The zero-order chi connectivity index (χ0) is 15.7. The predicted molar refractivity (Wildman–Crippen MR) is 85.3 cm³/mol. The molecular formula is C17H19N3O2.